The van der Waals surface area contributed by atoms with Crippen molar-refractivity contribution in [3.05, 3.63) is 0 Å². The Morgan fingerprint density at radius 3 is 1.69 bits per heavy atom. The number of carboxylic acid groups (broad SMARTS) is 2. The van der Waals surface area contributed by atoms with Crippen LogP contribution in [0, 0.1) is 0 Å². The molecule has 0 fully saturated rings. The van der Waals surface area contributed by atoms with Gasteiger partial charge in [0.15, 0.2) is 0 Å². The minimum absolute atomic E-state index is 0.00156. The van der Waals surface area contributed by atoms with E-state index >= 15 is 0 Å². The number of aliphatic carboxylic acids is 2. The van der Waals surface area contributed by atoms with Crippen molar-refractivity contribution in [2.24, 2.45) is 0 Å². The zero-order valence-electron chi connectivity index (χ0n) is 29.6. The number of hydrogen-bond acceptors (Lipinski definition) is 10. The number of carbonyl (C=O) groups is 5. The number of rotatable bonds is 35. The fourth-order valence-electron chi connectivity index (χ4n) is 4.36. The molecule has 282 valence electrons. The molecule has 48 heavy (non-hydrogen) atoms. The van der Waals surface area contributed by atoms with E-state index in [0.29, 0.717) is 45.7 Å². The molecule has 5 N–H and O–H groups in total. The summed E-state index contributed by atoms with van der Waals surface area (Å²) in [6.45, 7) is 5.38. The third-order valence-corrected chi connectivity index (χ3v) is 7.02. The molecule has 1 atom stereocenters. The average molecular weight is 692 g/mol. The number of ether oxygens (including phenoxy) is 4. The predicted octanol–water partition coefficient (Wildman–Crippen LogP) is 3.49. The van der Waals surface area contributed by atoms with E-state index in [0.717, 1.165) is 25.8 Å². The normalized spacial score (nSPS) is 11.3. The van der Waals surface area contributed by atoms with Crippen molar-refractivity contribution in [2.45, 2.75) is 116 Å². The molecule has 0 aromatic heterocycles. The summed E-state index contributed by atoms with van der Waals surface area (Å²) >= 11 is 0. The van der Waals surface area contributed by atoms with Gasteiger partial charge in [-0.05, 0) is 19.9 Å². The summed E-state index contributed by atoms with van der Waals surface area (Å²) in [7, 11) is 1.84. The van der Waals surface area contributed by atoms with Crippen molar-refractivity contribution in [2.75, 3.05) is 73.0 Å². The van der Waals surface area contributed by atoms with Crippen LogP contribution in [-0.4, -0.2) is 119 Å². The molecule has 0 aromatic rings. The number of carbonyl (C=O) groups excluding carboxylic acids is 3. The maximum atomic E-state index is 12.1. The molecule has 14 heteroatoms. The second kappa shape index (κ2) is 38.8. The molecule has 0 saturated carbocycles. The Bertz CT molecular complexity index is 787. The van der Waals surface area contributed by atoms with Crippen LogP contribution in [0.4, 0.5) is 0 Å². The highest BCUT2D eigenvalue weighted by molar-refractivity contribution is 5.84. The van der Waals surface area contributed by atoms with E-state index in [4.69, 9.17) is 24.1 Å². The summed E-state index contributed by atoms with van der Waals surface area (Å²) in [5.74, 6) is -2.67. The van der Waals surface area contributed by atoms with Gasteiger partial charge < -0.3 is 49.9 Å². The summed E-state index contributed by atoms with van der Waals surface area (Å²) in [5, 5.41) is 25.6. The van der Waals surface area contributed by atoms with Crippen molar-refractivity contribution in [3.63, 3.8) is 0 Å². The molecule has 1 unspecified atom stereocenters. The van der Waals surface area contributed by atoms with E-state index in [1.54, 1.807) is 0 Å². The fourth-order valence-corrected chi connectivity index (χ4v) is 4.36. The Hall–Kier alpha value is -2.65. The monoisotopic (exact) mass is 691 g/mol. The molecule has 0 aliphatic carbocycles. The quantitative estimate of drug-likeness (QED) is 0.0480. The number of likely N-dealkylation sites (N-methyl/N-ethyl adjacent to an activating group) is 1. The van der Waals surface area contributed by atoms with Gasteiger partial charge in [0.25, 0.3) is 0 Å². The van der Waals surface area contributed by atoms with Gasteiger partial charge in [-0.1, -0.05) is 84.0 Å². The molecule has 0 radical (unpaired) electrons. The van der Waals surface area contributed by atoms with Gasteiger partial charge in [-0.15, -0.1) is 0 Å². The zero-order valence-corrected chi connectivity index (χ0v) is 29.6. The van der Waals surface area contributed by atoms with E-state index in [1.165, 1.54) is 64.2 Å². The Balaban J connectivity index is 0. The molecule has 0 spiro atoms. The first-order valence-corrected chi connectivity index (χ1v) is 17.7. The van der Waals surface area contributed by atoms with E-state index < -0.39 is 18.0 Å². The lowest BCUT2D eigenvalue weighted by atomic mass is 10.0. The van der Waals surface area contributed by atoms with Crippen molar-refractivity contribution in [3.8, 4) is 0 Å². The van der Waals surface area contributed by atoms with Crippen LogP contribution >= 0.6 is 0 Å². The second-order valence-corrected chi connectivity index (χ2v) is 11.4. The summed E-state index contributed by atoms with van der Waals surface area (Å²) < 4.78 is 20.0. The molecule has 0 aliphatic rings. The van der Waals surface area contributed by atoms with Crippen LogP contribution in [0.1, 0.15) is 110 Å². The molecule has 2 amide bonds. The van der Waals surface area contributed by atoms with Gasteiger partial charge in [-0.2, -0.15) is 0 Å². The minimum atomic E-state index is -1.14. The Morgan fingerprint density at radius 1 is 0.646 bits per heavy atom. The number of carboxylic acids is 2. The van der Waals surface area contributed by atoms with Crippen molar-refractivity contribution >= 4 is 30.0 Å². The summed E-state index contributed by atoms with van der Waals surface area (Å²) in [6, 6.07) is -1.07. The van der Waals surface area contributed by atoms with Crippen LogP contribution in [0.25, 0.3) is 0 Å². The van der Waals surface area contributed by atoms with Crippen LogP contribution in [0.15, 0.2) is 0 Å². The summed E-state index contributed by atoms with van der Waals surface area (Å²) in [6.07, 6.45) is 16.9. The molecule has 14 nitrogen and oxygen atoms in total. The lowest BCUT2D eigenvalue weighted by Gasteiger charge is -2.14. The summed E-state index contributed by atoms with van der Waals surface area (Å²) in [4.78, 5) is 55.5. The molecule has 0 bridgehead atoms. The lowest BCUT2D eigenvalue weighted by Crippen LogP contribution is -2.41. The number of aldehydes is 1. The van der Waals surface area contributed by atoms with E-state index in [2.05, 4.69) is 22.9 Å². The van der Waals surface area contributed by atoms with E-state index in [1.807, 2.05) is 7.05 Å². The number of nitrogens with one attached hydrogen (secondary N) is 3. The Labute approximate surface area is 287 Å². The first kappa shape index (κ1) is 47.5. The molecular weight excluding hydrogens is 626 g/mol. The third kappa shape index (κ3) is 39.5. The highest BCUT2D eigenvalue weighted by atomic mass is 16.5. The molecule has 0 aromatic carbocycles. The van der Waals surface area contributed by atoms with Gasteiger partial charge in [-0.25, -0.2) is 9.59 Å². The van der Waals surface area contributed by atoms with Crippen molar-refractivity contribution in [1.82, 2.24) is 16.0 Å². The van der Waals surface area contributed by atoms with Gasteiger partial charge in [-0.3, -0.25) is 9.59 Å². The van der Waals surface area contributed by atoms with Crippen LogP contribution < -0.4 is 16.0 Å². The van der Waals surface area contributed by atoms with Gasteiger partial charge >= 0.3 is 11.9 Å². The van der Waals surface area contributed by atoms with Crippen LogP contribution in [0.2, 0.25) is 0 Å². The first-order valence-electron chi connectivity index (χ1n) is 17.7. The Kier molecular flexibility index (Phi) is 38.4. The molecule has 0 rings (SSSR count). The molecule has 0 aliphatic heterocycles. The number of unbranched alkanes of at least 4 members (excludes halogenated alkanes) is 12. The zero-order chi connectivity index (χ0) is 35.9. The van der Waals surface area contributed by atoms with Crippen molar-refractivity contribution < 1.29 is 53.1 Å². The SMILES string of the molecule is CCCCCCCCCCCCCCCC(=O)NC(CCC(=O)NCCOCCOCC=O)C(=O)O.CNCCOCCOCC(=O)O. The fraction of sp³-hybridized carbons (Fsp3) is 0.853. The second-order valence-electron chi connectivity index (χ2n) is 11.4. The maximum Gasteiger partial charge on any atom is 0.329 e. The predicted molar refractivity (Wildman–Crippen MR) is 183 cm³/mol. The smallest absolute Gasteiger partial charge is 0.329 e. The Morgan fingerprint density at radius 2 is 1.17 bits per heavy atom. The third-order valence-electron chi connectivity index (χ3n) is 7.02. The van der Waals surface area contributed by atoms with Crippen LogP contribution in [0.5, 0.6) is 0 Å². The average Bonchev–Trinajstić information content (AvgIpc) is 3.06. The van der Waals surface area contributed by atoms with Crippen molar-refractivity contribution in [1.29, 1.82) is 0 Å². The van der Waals surface area contributed by atoms with Crippen LogP contribution in [0.3, 0.4) is 0 Å². The largest absolute Gasteiger partial charge is 0.480 e. The maximum absolute atomic E-state index is 12.1. The van der Waals surface area contributed by atoms with E-state index in [-0.39, 0.29) is 51.0 Å². The molecule has 0 heterocycles. The number of amides is 2. The molecular formula is C34H65N3O11. The first-order chi connectivity index (χ1) is 23.3. The van der Waals surface area contributed by atoms with Gasteiger partial charge in [0, 0.05) is 25.9 Å². The van der Waals surface area contributed by atoms with Gasteiger partial charge in [0.2, 0.25) is 11.8 Å². The topological polar surface area (TPSA) is 199 Å². The minimum Gasteiger partial charge on any atom is -0.480 e. The van der Waals surface area contributed by atoms with Crippen LogP contribution in [-0.2, 0) is 42.9 Å². The standard InChI is InChI=1S/C27H50N2O7.C7H15NO4/c1-2-3-4-5-6-7-8-9-10-11-12-13-14-15-26(32)29-24(27(33)34)16-17-25(31)28-18-20-35-22-23-36-21-19-30;1-8-2-3-11-4-5-12-6-7(9)10/h19,24H,2-18,20-23H2,1H3,(H,28,31)(H,29,32)(H,33,34);8H,2-6H2,1H3,(H,9,10). The number of hydrogen-bond donors (Lipinski definition) is 5. The van der Waals surface area contributed by atoms with Gasteiger partial charge in [0.1, 0.15) is 25.5 Å². The molecule has 0 saturated heterocycles. The highest BCUT2D eigenvalue weighted by Gasteiger charge is 2.20. The highest BCUT2D eigenvalue weighted by Crippen LogP contribution is 2.13. The summed E-state index contributed by atoms with van der Waals surface area (Å²) in [5.41, 5.74) is 0. The van der Waals surface area contributed by atoms with E-state index in [9.17, 15) is 29.1 Å². The van der Waals surface area contributed by atoms with Gasteiger partial charge in [0.05, 0.1) is 39.6 Å². The lowest BCUT2D eigenvalue weighted by molar-refractivity contribution is -0.143.